The summed E-state index contributed by atoms with van der Waals surface area (Å²) in [5.41, 5.74) is 1.28. The molecule has 2 N–H and O–H groups in total. The summed E-state index contributed by atoms with van der Waals surface area (Å²) in [4.78, 5) is 26.3. The Morgan fingerprint density at radius 3 is 2.79 bits per heavy atom. The van der Waals surface area contributed by atoms with Crippen molar-refractivity contribution in [3.05, 3.63) is 29.8 Å². The third-order valence-electron chi connectivity index (χ3n) is 4.83. The van der Waals surface area contributed by atoms with Gasteiger partial charge in [-0.15, -0.1) is 0 Å². The summed E-state index contributed by atoms with van der Waals surface area (Å²) >= 11 is 1.70. The van der Waals surface area contributed by atoms with Gasteiger partial charge in [0, 0.05) is 31.0 Å². The molecule has 0 spiro atoms. The van der Waals surface area contributed by atoms with Gasteiger partial charge in [0.25, 0.3) is 0 Å². The molecule has 2 atom stereocenters. The van der Waals surface area contributed by atoms with Gasteiger partial charge >= 0.3 is 0 Å². The molecule has 2 amide bonds. The first-order valence-electron chi connectivity index (χ1n) is 8.48. The van der Waals surface area contributed by atoms with E-state index in [9.17, 15) is 14.7 Å². The van der Waals surface area contributed by atoms with Gasteiger partial charge in [-0.3, -0.25) is 9.59 Å². The summed E-state index contributed by atoms with van der Waals surface area (Å²) in [5.74, 6) is 1.08. The number of amides is 2. The van der Waals surface area contributed by atoms with E-state index in [4.69, 9.17) is 0 Å². The summed E-state index contributed by atoms with van der Waals surface area (Å²) in [7, 11) is 0. The molecule has 0 aromatic heterocycles. The molecule has 0 bridgehead atoms. The van der Waals surface area contributed by atoms with E-state index in [0.29, 0.717) is 18.7 Å². The Morgan fingerprint density at radius 2 is 2.17 bits per heavy atom. The molecule has 3 rings (SSSR count). The van der Waals surface area contributed by atoms with Crippen molar-refractivity contribution in [3.8, 4) is 0 Å². The molecular formula is C18H24N2O3S. The highest BCUT2D eigenvalue weighted by molar-refractivity contribution is 7.99. The fraction of sp³-hybridized carbons (Fsp3) is 0.556. The van der Waals surface area contributed by atoms with E-state index in [1.165, 1.54) is 5.56 Å². The van der Waals surface area contributed by atoms with Crippen LogP contribution in [0.3, 0.4) is 0 Å². The Hall–Kier alpha value is -1.53. The molecule has 130 valence electrons. The number of carbonyl (C=O) groups is 2. The van der Waals surface area contributed by atoms with Gasteiger partial charge in [-0.1, -0.05) is 19.1 Å². The molecule has 2 heterocycles. The number of thioether (sulfide) groups is 1. The van der Waals surface area contributed by atoms with Crippen LogP contribution in [0.2, 0.25) is 0 Å². The SMILES string of the molecule is CCc1ccc(N2C[C@@H](C(=O)NC[C@@]3(O)CCSC3)CC2=O)cc1. The molecule has 0 aliphatic carbocycles. The normalized spacial score (nSPS) is 26.8. The van der Waals surface area contributed by atoms with Crippen LogP contribution in [-0.4, -0.2) is 47.1 Å². The van der Waals surface area contributed by atoms with Crippen LogP contribution in [0.15, 0.2) is 24.3 Å². The number of benzene rings is 1. The zero-order valence-corrected chi connectivity index (χ0v) is 14.8. The smallest absolute Gasteiger partial charge is 0.227 e. The van der Waals surface area contributed by atoms with E-state index in [2.05, 4.69) is 12.2 Å². The second kappa shape index (κ2) is 7.15. The Balaban J connectivity index is 1.58. The quantitative estimate of drug-likeness (QED) is 0.848. The van der Waals surface area contributed by atoms with Crippen LogP contribution >= 0.6 is 11.8 Å². The van der Waals surface area contributed by atoms with Gasteiger partial charge in [0.15, 0.2) is 0 Å². The molecular weight excluding hydrogens is 324 g/mol. The van der Waals surface area contributed by atoms with Crippen molar-refractivity contribution in [2.75, 3.05) is 29.5 Å². The highest BCUT2D eigenvalue weighted by Gasteiger charge is 2.37. The van der Waals surface area contributed by atoms with E-state index < -0.39 is 5.60 Å². The van der Waals surface area contributed by atoms with Crippen molar-refractivity contribution >= 4 is 29.3 Å². The lowest BCUT2D eigenvalue weighted by molar-refractivity contribution is -0.127. The number of rotatable bonds is 5. The van der Waals surface area contributed by atoms with Gasteiger partial charge < -0.3 is 15.3 Å². The van der Waals surface area contributed by atoms with Gasteiger partial charge in [0.05, 0.1) is 11.5 Å². The van der Waals surface area contributed by atoms with Crippen molar-refractivity contribution < 1.29 is 14.7 Å². The third kappa shape index (κ3) is 3.75. The van der Waals surface area contributed by atoms with Gasteiger partial charge in [-0.25, -0.2) is 0 Å². The van der Waals surface area contributed by atoms with Crippen molar-refractivity contribution in [2.24, 2.45) is 5.92 Å². The molecule has 2 fully saturated rings. The number of aliphatic hydroxyl groups is 1. The minimum absolute atomic E-state index is 0.0190. The van der Waals surface area contributed by atoms with Crippen LogP contribution in [-0.2, 0) is 16.0 Å². The number of hydrogen-bond acceptors (Lipinski definition) is 4. The van der Waals surface area contributed by atoms with E-state index >= 15 is 0 Å². The predicted octanol–water partition coefficient (Wildman–Crippen LogP) is 1.59. The average molecular weight is 348 g/mol. The van der Waals surface area contributed by atoms with Crippen LogP contribution < -0.4 is 10.2 Å². The number of aryl methyl sites for hydroxylation is 1. The second-order valence-electron chi connectivity index (χ2n) is 6.67. The lowest BCUT2D eigenvalue weighted by Crippen LogP contribution is -2.45. The van der Waals surface area contributed by atoms with Crippen molar-refractivity contribution in [3.63, 3.8) is 0 Å². The fourth-order valence-corrected chi connectivity index (χ4v) is 4.47. The Morgan fingerprint density at radius 1 is 1.42 bits per heavy atom. The monoisotopic (exact) mass is 348 g/mol. The molecule has 24 heavy (non-hydrogen) atoms. The highest BCUT2D eigenvalue weighted by atomic mass is 32.2. The lowest BCUT2D eigenvalue weighted by Gasteiger charge is -2.22. The maximum Gasteiger partial charge on any atom is 0.227 e. The largest absolute Gasteiger partial charge is 0.387 e. The Kier molecular flexibility index (Phi) is 5.15. The zero-order valence-electron chi connectivity index (χ0n) is 14.0. The minimum atomic E-state index is -0.793. The lowest BCUT2D eigenvalue weighted by atomic mass is 10.0. The topological polar surface area (TPSA) is 69.6 Å². The predicted molar refractivity (Wildman–Crippen MR) is 96.2 cm³/mol. The molecule has 2 aliphatic rings. The maximum absolute atomic E-state index is 12.4. The van der Waals surface area contributed by atoms with E-state index in [1.807, 2.05) is 24.3 Å². The number of anilines is 1. The average Bonchev–Trinajstić information content (AvgIpc) is 3.19. The molecule has 6 heteroatoms. The summed E-state index contributed by atoms with van der Waals surface area (Å²) in [6, 6.07) is 7.91. The first kappa shape index (κ1) is 17.3. The van der Waals surface area contributed by atoms with E-state index in [1.54, 1.807) is 16.7 Å². The molecule has 0 unspecified atom stereocenters. The molecule has 2 saturated heterocycles. The van der Waals surface area contributed by atoms with Crippen molar-refractivity contribution in [1.29, 1.82) is 0 Å². The zero-order chi connectivity index (χ0) is 17.2. The Labute approximate surface area is 146 Å². The summed E-state index contributed by atoms with van der Waals surface area (Å²) in [6.07, 6.45) is 1.90. The molecule has 1 aromatic rings. The van der Waals surface area contributed by atoms with Crippen LogP contribution in [0, 0.1) is 5.92 Å². The van der Waals surface area contributed by atoms with Crippen LogP contribution in [0.25, 0.3) is 0 Å². The van der Waals surface area contributed by atoms with E-state index in [0.717, 1.165) is 17.9 Å². The summed E-state index contributed by atoms with van der Waals surface area (Å²) in [6.45, 7) is 2.77. The molecule has 2 aliphatic heterocycles. The van der Waals surface area contributed by atoms with Gasteiger partial charge in [-0.2, -0.15) is 11.8 Å². The standard InChI is InChI=1S/C18H24N2O3S/c1-2-13-3-5-15(6-4-13)20-10-14(9-16(20)21)17(22)19-11-18(23)7-8-24-12-18/h3-6,14,23H,2,7-12H2,1H3,(H,19,22)/t14-,18-/m0/s1. The number of nitrogens with one attached hydrogen (secondary N) is 1. The summed E-state index contributed by atoms with van der Waals surface area (Å²) in [5, 5.41) is 13.1. The van der Waals surface area contributed by atoms with Crippen LogP contribution in [0.5, 0.6) is 0 Å². The Bertz CT molecular complexity index is 611. The van der Waals surface area contributed by atoms with Crippen molar-refractivity contribution in [1.82, 2.24) is 5.32 Å². The molecule has 1 aromatic carbocycles. The molecule has 0 radical (unpaired) electrons. The molecule has 0 saturated carbocycles. The summed E-state index contributed by atoms with van der Waals surface area (Å²) < 4.78 is 0. The minimum Gasteiger partial charge on any atom is -0.387 e. The fourth-order valence-electron chi connectivity index (χ4n) is 3.18. The number of nitrogens with zero attached hydrogens (tertiary/aromatic N) is 1. The first-order valence-corrected chi connectivity index (χ1v) is 9.63. The number of carbonyl (C=O) groups excluding carboxylic acids is 2. The highest BCUT2D eigenvalue weighted by Crippen LogP contribution is 2.28. The van der Waals surface area contributed by atoms with E-state index in [-0.39, 0.29) is 30.7 Å². The maximum atomic E-state index is 12.4. The van der Waals surface area contributed by atoms with Crippen LogP contribution in [0.4, 0.5) is 5.69 Å². The number of hydrogen-bond donors (Lipinski definition) is 2. The van der Waals surface area contributed by atoms with Crippen LogP contribution in [0.1, 0.15) is 25.3 Å². The van der Waals surface area contributed by atoms with Gasteiger partial charge in [0.1, 0.15) is 0 Å². The third-order valence-corrected chi connectivity index (χ3v) is 6.06. The first-order chi connectivity index (χ1) is 11.5. The van der Waals surface area contributed by atoms with Crippen molar-refractivity contribution in [2.45, 2.75) is 31.8 Å². The second-order valence-corrected chi connectivity index (χ2v) is 7.78. The molecule has 5 nitrogen and oxygen atoms in total. The van der Waals surface area contributed by atoms with Gasteiger partial charge in [0.2, 0.25) is 11.8 Å². The van der Waals surface area contributed by atoms with Gasteiger partial charge in [-0.05, 0) is 36.3 Å².